The second-order valence-electron chi connectivity index (χ2n) is 6.86. The molecular weight excluding hydrogens is 298 g/mol. The van der Waals surface area contributed by atoms with E-state index in [2.05, 4.69) is 0 Å². The fraction of sp³-hybridized carbons (Fsp3) is 0.941. The van der Waals surface area contributed by atoms with Crippen LogP contribution in [0.4, 0.5) is 0 Å². The van der Waals surface area contributed by atoms with Crippen LogP contribution in [0.5, 0.6) is 0 Å². The molecule has 134 valence electrons. The molecule has 2 saturated heterocycles. The van der Waals surface area contributed by atoms with Crippen LogP contribution in [0.15, 0.2) is 0 Å². The molecule has 2 heterocycles. The molecule has 5 atom stereocenters. The van der Waals surface area contributed by atoms with Crippen molar-refractivity contribution in [1.82, 2.24) is 4.90 Å². The van der Waals surface area contributed by atoms with Gasteiger partial charge in [0.15, 0.2) is 6.29 Å². The molecule has 0 aliphatic carbocycles. The Morgan fingerprint density at radius 2 is 1.96 bits per heavy atom. The van der Waals surface area contributed by atoms with Crippen molar-refractivity contribution >= 4 is 5.91 Å². The lowest BCUT2D eigenvalue weighted by Crippen LogP contribution is -2.48. The van der Waals surface area contributed by atoms with Gasteiger partial charge < -0.3 is 24.6 Å². The number of nitrogens with zero attached hydrogens (tertiary/aromatic N) is 1. The van der Waals surface area contributed by atoms with E-state index in [0.717, 1.165) is 45.2 Å². The molecule has 6 nitrogen and oxygen atoms in total. The highest BCUT2D eigenvalue weighted by atomic mass is 16.7. The zero-order valence-electron chi connectivity index (χ0n) is 14.3. The number of unbranched alkanes of at least 4 members (excludes halogenated alkanes) is 1. The summed E-state index contributed by atoms with van der Waals surface area (Å²) in [5, 5.41) is 19.6. The van der Waals surface area contributed by atoms with Gasteiger partial charge in [-0.1, -0.05) is 6.42 Å². The molecule has 2 aliphatic rings. The Bertz CT molecular complexity index is 372. The van der Waals surface area contributed by atoms with E-state index in [0.29, 0.717) is 6.42 Å². The SMILES string of the molecule is CC(CCCCC(=O)N1CCCC1)O[C@@H]1O[C@@H](C)[C@H](O)C[C@H]1O. The molecule has 1 unspecified atom stereocenters. The summed E-state index contributed by atoms with van der Waals surface area (Å²) in [5.41, 5.74) is 0. The van der Waals surface area contributed by atoms with Gasteiger partial charge in [-0.15, -0.1) is 0 Å². The van der Waals surface area contributed by atoms with E-state index in [1.54, 1.807) is 6.92 Å². The van der Waals surface area contributed by atoms with Crippen LogP contribution < -0.4 is 0 Å². The molecule has 0 spiro atoms. The molecule has 0 aromatic heterocycles. The van der Waals surface area contributed by atoms with Crippen LogP contribution in [0.1, 0.15) is 58.8 Å². The number of likely N-dealkylation sites (tertiary alicyclic amines) is 1. The highest BCUT2D eigenvalue weighted by Crippen LogP contribution is 2.23. The number of aliphatic hydroxyl groups is 2. The second kappa shape index (κ2) is 8.97. The van der Waals surface area contributed by atoms with Gasteiger partial charge in [0.05, 0.1) is 18.3 Å². The van der Waals surface area contributed by atoms with Crippen LogP contribution >= 0.6 is 0 Å². The minimum absolute atomic E-state index is 0.0426. The average Bonchev–Trinajstić information content (AvgIpc) is 3.03. The lowest BCUT2D eigenvalue weighted by atomic mass is 10.0. The normalized spacial score (nSPS) is 33.0. The largest absolute Gasteiger partial charge is 0.390 e. The number of rotatable bonds is 7. The molecule has 0 bridgehead atoms. The number of carbonyl (C=O) groups excluding carboxylic acids is 1. The number of ether oxygens (including phenoxy) is 2. The number of aliphatic hydroxyl groups excluding tert-OH is 2. The van der Waals surface area contributed by atoms with Gasteiger partial charge in [0.2, 0.25) is 5.91 Å². The van der Waals surface area contributed by atoms with Crippen LogP contribution in [0.2, 0.25) is 0 Å². The molecular formula is C17H31NO5. The maximum atomic E-state index is 11.9. The Morgan fingerprint density at radius 3 is 2.65 bits per heavy atom. The Morgan fingerprint density at radius 1 is 1.26 bits per heavy atom. The zero-order valence-corrected chi connectivity index (χ0v) is 14.3. The van der Waals surface area contributed by atoms with Gasteiger partial charge in [0.25, 0.3) is 0 Å². The van der Waals surface area contributed by atoms with Crippen LogP contribution in [0, 0.1) is 0 Å². The van der Waals surface area contributed by atoms with Crippen LogP contribution in [-0.2, 0) is 14.3 Å². The first-order valence-corrected chi connectivity index (χ1v) is 8.92. The third-order valence-corrected chi connectivity index (χ3v) is 4.76. The third-order valence-electron chi connectivity index (χ3n) is 4.76. The highest BCUT2D eigenvalue weighted by Gasteiger charge is 2.35. The van der Waals surface area contributed by atoms with Crippen molar-refractivity contribution < 1.29 is 24.5 Å². The summed E-state index contributed by atoms with van der Waals surface area (Å²) in [5.74, 6) is 0.268. The maximum Gasteiger partial charge on any atom is 0.222 e. The highest BCUT2D eigenvalue weighted by molar-refractivity contribution is 5.76. The van der Waals surface area contributed by atoms with Crippen molar-refractivity contribution in [1.29, 1.82) is 0 Å². The first-order valence-electron chi connectivity index (χ1n) is 8.92. The summed E-state index contributed by atoms with van der Waals surface area (Å²) >= 11 is 0. The molecule has 0 radical (unpaired) electrons. The Hall–Kier alpha value is -0.690. The van der Waals surface area contributed by atoms with Crippen molar-refractivity contribution in [2.75, 3.05) is 13.1 Å². The number of carbonyl (C=O) groups is 1. The molecule has 0 saturated carbocycles. The summed E-state index contributed by atoms with van der Waals surface area (Å²) in [6.45, 7) is 5.56. The second-order valence-corrected chi connectivity index (χ2v) is 6.86. The lowest BCUT2D eigenvalue weighted by Gasteiger charge is -2.36. The zero-order chi connectivity index (χ0) is 16.8. The van der Waals surface area contributed by atoms with Crippen molar-refractivity contribution in [2.24, 2.45) is 0 Å². The number of hydrogen-bond donors (Lipinski definition) is 2. The maximum absolute atomic E-state index is 11.9. The van der Waals surface area contributed by atoms with E-state index < -0.39 is 18.5 Å². The predicted molar refractivity (Wildman–Crippen MR) is 85.8 cm³/mol. The quantitative estimate of drug-likeness (QED) is 0.691. The van der Waals surface area contributed by atoms with E-state index in [-0.39, 0.29) is 24.5 Å². The average molecular weight is 329 g/mol. The molecule has 23 heavy (non-hydrogen) atoms. The van der Waals surface area contributed by atoms with Crippen LogP contribution in [0.25, 0.3) is 0 Å². The predicted octanol–water partition coefficient (Wildman–Crippen LogP) is 1.43. The monoisotopic (exact) mass is 329 g/mol. The smallest absolute Gasteiger partial charge is 0.222 e. The first-order chi connectivity index (χ1) is 11.0. The van der Waals surface area contributed by atoms with Gasteiger partial charge in [-0.2, -0.15) is 0 Å². The van der Waals surface area contributed by atoms with E-state index in [1.165, 1.54) is 0 Å². The lowest BCUT2D eigenvalue weighted by molar-refractivity contribution is -0.273. The van der Waals surface area contributed by atoms with Gasteiger partial charge in [-0.3, -0.25) is 4.79 Å². The van der Waals surface area contributed by atoms with Crippen molar-refractivity contribution in [3.8, 4) is 0 Å². The summed E-state index contributed by atoms with van der Waals surface area (Å²) in [6.07, 6.45) is 3.30. The van der Waals surface area contributed by atoms with Gasteiger partial charge in [0, 0.05) is 25.9 Å². The van der Waals surface area contributed by atoms with Gasteiger partial charge in [-0.05, 0) is 39.5 Å². The van der Waals surface area contributed by atoms with Crippen molar-refractivity contribution in [2.45, 2.75) is 89.5 Å². The van der Waals surface area contributed by atoms with Gasteiger partial charge >= 0.3 is 0 Å². The molecule has 0 aromatic carbocycles. The third kappa shape index (κ3) is 5.71. The first kappa shape index (κ1) is 18.6. The van der Waals surface area contributed by atoms with E-state index >= 15 is 0 Å². The summed E-state index contributed by atoms with van der Waals surface area (Å²) in [6, 6.07) is 0. The Balaban J connectivity index is 1.59. The molecule has 6 heteroatoms. The molecule has 1 amide bonds. The number of amides is 1. The Labute approximate surface area is 138 Å². The van der Waals surface area contributed by atoms with E-state index in [1.807, 2.05) is 11.8 Å². The fourth-order valence-corrected chi connectivity index (χ4v) is 3.20. The number of hydrogen-bond acceptors (Lipinski definition) is 5. The van der Waals surface area contributed by atoms with Crippen molar-refractivity contribution in [3.05, 3.63) is 0 Å². The fourth-order valence-electron chi connectivity index (χ4n) is 3.20. The van der Waals surface area contributed by atoms with Crippen LogP contribution in [0.3, 0.4) is 0 Å². The minimum atomic E-state index is -0.791. The van der Waals surface area contributed by atoms with E-state index in [9.17, 15) is 15.0 Å². The molecule has 2 fully saturated rings. The molecule has 2 N–H and O–H groups in total. The van der Waals surface area contributed by atoms with E-state index in [4.69, 9.17) is 9.47 Å². The minimum Gasteiger partial charge on any atom is -0.390 e. The molecule has 2 aliphatic heterocycles. The Kier molecular flexibility index (Phi) is 7.27. The molecule has 2 rings (SSSR count). The molecule has 0 aromatic rings. The van der Waals surface area contributed by atoms with Gasteiger partial charge in [0.1, 0.15) is 6.10 Å². The standard InChI is InChI=1S/C17H31NO5/c1-12(22-17-15(20)11-14(19)13(2)23-17)7-3-4-8-16(21)18-9-5-6-10-18/h12-15,17,19-20H,3-11H2,1-2H3/t12?,13-,14+,15+,17+/m0/s1. The van der Waals surface area contributed by atoms with Gasteiger partial charge in [-0.25, -0.2) is 0 Å². The van der Waals surface area contributed by atoms with Crippen molar-refractivity contribution in [3.63, 3.8) is 0 Å². The summed E-state index contributed by atoms with van der Waals surface area (Å²) in [4.78, 5) is 13.9. The topological polar surface area (TPSA) is 79.2 Å². The summed E-state index contributed by atoms with van der Waals surface area (Å²) in [7, 11) is 0. The summed E-state index contributed by atoms with van der Waals surface area (Å²) < 4.78 is 11.3. The van der Waals surface area contributed by atoms with Crippen LogP contribution in [-0.4, -0.2) is 64.8 Å².